The van der Waals surface area contributed by atoms with Gasteiger partial charge in [-0.25, -0.2) is 0 Å². The molecule has 3 rings (SSSR count). The molecular weight excluding hydrogens is 246 g/mol. The van der Waals surface area contributed by atoms with Crippen molar-refractivity contribution in [1.29, 1.82) is 0 Å². The largest absolute Gasteiger partial charge is 0.454 e. The Morgan fingerprint density at radius 1 is 1.42 bits per heavy atom. The smallest absolute Gasteiger partial charge is 0.231 e. The summed E-state index contributed by atoms with van der Waals surface area (Å²) in [4.78, 5) is 11.6. The van der Waals surface area contributed by atoms with Gasteiger partial charge in [-0.05, 0) is 37.5 Å². The van der Waals surface area contributed by atoms with Crippen molar-refractivity contribution in [3.8, 4) is 11.5 Å². The molecule has 2 N–H and O–H groups in total. The van der Waals surface area contributed by atoms with Crippen molar-refractivity contribution >= 4 is 5.91 Å². The van der Waals surface area contributed by atoms with Crippen LogP contribution < -0.4 is 14.8 Å². The molecule has 1 aliphatic heterocycles. The van der Waals surface area contributed by atoms with E-state index in [0.717, 1.165) is 12.8 Å². The summed E-state index contributed by atoms with van der Waals surface area (Å²) in [5.74, 6) is 1.49. The molecule has 102 valence electrons. The van der Waals surface area contributed by atoms with Gasteiger partial charge in [-0.1, -0.05) is 6.07 Å². The molecule has 0 saturated heterocycles. The van der Waals surface area contributed by atoms with E-state index in [1.54, 1.807) is 25.1 Å². The van der Waals surface area contributed by atoms with Crippen molar-refractivity contribution in [2.75, 3.05) is 13.3 Å². The SMILES string of the molecule is CC(O)(CNC(=O)C1CC1)c1ccc2c(c1)OCO2. The number of nitrogens with one attached hydrogen (secondary N) is 1. The van der Waals surface area contributed by atoms with Crippen LogP contribution in [-0.4, -0.2) is 24.4 Å². The summed E-state index contributed by atoms with van der Waals surface area (Å²) in [6.45, 7) is 2.08. The Hall–Kier alpha value is -1.75. The number of hydrogen-bond acceptors (Lipinski definition) is 4. The van der Waals surface area contributed by atoms with Gasteiger partial charge in [0.2, 0.25) is 12.7 Å². The lowest BCUT2D eigenvalue weighted by molar-refractivity contribution is -0.123. The van der Waals surface area contributed by atoms with E-state index in [1.807, 2.05) is 0 Å². The first kappa shape index (κ1) is 12.3. The third-order valence-corrected chi connectivity index (χ3v) is 3.55. The highest BCUT2D eigenvalue weighted by molar-refractivity contribution is 5.80. The third-order valence-electron chi connectivity index (χ3n) is 3.55. The van der Waals surface area contributed by atoms with Crippen molar-refractivity contribution in [2.45, 2.75) is 25.4 Å². The minimum Gasteiger partial charge on any atom is -0.454 e. The summed E-state index contributed by atoms with van der Waals surface area (Å²) in [5, 5.41) is 13.2. The zero-order valence-corrected chi connectivity index (χ0v) is 10.8. The third kappa shape index (κ3) is 2.51. The number of fused-ring (bicyclic) bond motifs is 1. The minimum absolute atomic E-state index is 0.0287. The molecule has 19 heavy (non-hydrogen) atoms. The second kappa shape index (κ2) is 4.42. The summed E-state index contributed by atoms with van der Waals surface area (Å²) in [5.41, 5.74) is -0.418. The van der Waals surface area contributed by atoms with E-state index in [2.05, 4.69) is 5.32 Å². The van der Waals surface area contributed by atoms with Gasteiger partial charge < -0.3 is 19.9 Å². The van der Waals surface area contributed by atoms with Gasteiger partial charge in [0.1, 0.15) is 5.60 Å². The van der Waals surface area contributed by atoms with Gasteiger partial charge in [-0.2, -0.15) is 0 Å². The maximum Gasteiger partial charge on any atom is 0.231 e. The lowest BCUT2D eigenvalue weighted by atomic mass is 9.95. The lowest BCUT2D eigenvalue weighted by Crippen LogP contribution is -2.39. The summed E-state index contributed by atoms with van der Waals surface area (Å²) < 4.78 is 10.5. The van der Waals surface area contributed by atoms with E-state index < -0.39 is 5.60 Å². The summed E-state index contributed by atoms with van der Waals surface area (Å²) >= 11 is 0. The van der Waals surface area contributed by atoms with E-state index in [0.29, 0.717) is 17.1 Å². The zero-order valence-electron chi connectivity index (χ0n) is 10.8. The molecule has 5 heteroatoms. The van der Waals surface area contributed by atoms with Gasteiger partial charge in [0, 0.05) is 5.92 Å². The normalized spacial score (nSPS) is 19.9. The quantitative estimate of drug-likeness (QED) is 0.855. The van der Waals surface area contributed by atoms with Crippen molar-refractivity contribution in [3.05, 3.63) is 23.8 Å². The summed E-state index contributed by atoms with van der Waals surface area (Å²) in [6, 6.07) is 5.32. The van der Waals surface area contributed by atoms with E-state index in [9.17, 15) is 9.90 Å². The second-order valence-corrected chi connectivity index (χ2v) is 5.33. The number of rotatable bonds is 4. The highest BCUT2D eigenvalue weighted by Gasteiger charge is 2.32. The van der Waals surface area contributed by atoms with E-state index in [-0.39, 0.29) is 25.2 Å². The first-order valence-electron chi connectivity index (χ1n) is 6.46. The molecule has 0 bridgehead atoms. The van der Waals surface area contributed by atoms with Crippen molar-refractivity contribution in [1.82, 2.24) is 5.32 Å². The first-order chi connectivity index (χ1) is 9.06. The van der Waals surface area contributed by atoms with E-state index >= 15 is 0 Å². The monoisotopic (exact) mass is 263 g/mol. The Morgan fingerprint density at radius 2 is 2.16 bits per heavy atom. The maximum atomic E-state index is 11.6. The van der Waals surface area contributed by atoms with Crippen LogP contribution in [0.2, 0.25) is 0 Å². The highest BCUT2D eigenvalue weighted by Crippen LogP contribution is 2.35. The van der Waals surface area contributed by atoms with Gasteiger partial charge in [0.15, 0.2) is 11.5 Å². The van der Waals surface area contributed by atoms with Crippen molar-refractivity contribution in [3.63, 3.8) is 0 Å². The molecule has 1 aliphatic carbocycles. The number of benzene rings is 1. The molecule has 0 aromatic heterocycles. The van der Waals surface area contributed by atoms with Gasteiger partial charge in [-0.3, -0.25) is 4.79 Å². The number of carbonyl (C=O) groups is 1. The van der Waals surface area contributed by atoms with Crippen LogP contribution in [0.3, 0.4) is 0 Å². The van der Waals surface area contributed by atoms with Crippen LogP contribution in [0.4, 0.5) is 0 Å². The molecule has 1 atom stereocenters. The van der Waals surface area contributed by atoms with Crippen molar-refractivity contribution in [2.24, 2.45) is 5.92 Å². The van der Waals surface area contributed by atoms with Crippen LogP contribution in [0.1, 0.15) is 25.3 Å². The van der Waals surface area contributed by atoms with Crippen LogP contribution in [0.5, 0.6) is 11.5 Å². The van der Waals surface area contributed by atoms with Crippen molar-refractivity contribution < 1.29 is 19.4 Å². The fourth-order valence-corrected chi connectivity index (χ4v) is 2.08. The molecule has 1 amide bonds. The van der Waals surface area contributed by atoms with E-state index in [4.69, 9.17) is 9.47 Å². The van der Waals surface area contributed by atoms with Gasteiger partial charge >= 0.3 is 0 Å². The summed E-state index contributed by atoms with van der Waals surface area (Å²) in [7, 11) is 0. The number of amides is 1. The predicted molar refractivity (Wildman–Crippen MR) is 67.9 cm³/mol. The topological polar surface area (TPSA) is 67.8 Å². The van der Waals surface area contributed by atoms with Gasteiger partial charge in [-0.15, -0.1) is 0 Å². The summed E-state index contributed by atoms with van der Waals surface area (Å²) in [6.07, 6.45) is 1.91. The first-order valence-corrected chi connectivity index (χ1v) is 6.46. The van der Waals surface area contributed by atoms with Gasteiger partial charge in [0.25, 0.3) is 0 Å². The second-order valence-electron chi connectivity index (χ2n) is 5.33. The fraction of sp³-hybridized carbons (Fsp3) is 0.500. The van der Waals surface area contributed by atoms with E-state index in [1.165, 1.54) is 0 Å². The Bertz CT molecular complexity index is 508. The average Bonchev–Trinajstić information content (AvgIpc) is 3.13. The molecule has 1 aromatic rings. The number of hydrogen-bond donors (Lipinski definition) is 2. The Kier molecular flexibility index (Phi) is 2.86. The minimum atomic E-state index is -1.12. The number of carbonyl (C=O) groups excluding carboxylic acids is 1. The molecule has 0 radical (unpaired) electrons. The predicted octanol–water partition coefficient (Wildman–Crippen LogP) is 1.15. The Balaban J connectivity index is 1.70. The zero-order chi connectivity index (χ0) is 13.5. The maximum absolute atomic E-state index is 11.6. The Labute approximate surface area is 111 Å². The molecule has 0 spiro atoms. The molecule has 1 unspecified atom stereocenters. The van der Waals surface area contributed by atoms with Crippen LogP contribution in [-0.2, 0) is 10.4 Å². The fourth-order valence-electron chi connectivity index (χ4n) is 2.08. The molecular formula is C14H17NO4. The molecule has 1 heterocycles. The molecule has 5 nitrogen and oxygen atoms in total. The lowest BCUT2D eigenvalue weighted by Gasteiger charge is -2.24. The van der Waals surface area contributed by atoms with Crippen LogP contribution >= 0.6 is 0 Å². The molecule has 1 aromatic carbocycles. The standard InChI is InChI=1S/C14H17NO4/c1-14(17,7-15-13(16)9-2-3-9)10-4-5-11-12(6-10)19-8-18-11/h4-6,9,17H,2-3,7-8H2,1H3,(H,15,16). The van der Waals surface area contributed by atoms with Crippen LogP contribution in [0, 0.1) is 5.92 Å². The van der Waals surface area contributed by atoms with Crippen LogP contribution in [0.25, 0.3) is 0 Å². The average molecular weight is 263 g/mol. The molecule has 1 fully saturated rings. The number of aliphatic hydroxyl groups is 1. The Morgan fingerprint density at radius 3 is 2.89 bits per heavy atom. The molecule has 1 saturated carbocycles. The van der Waals surface area contributed by atoms with Crippen LogP contribution in [0.15, 0.2) is 18.2 Å². The molecule has 2 aliphatic rings. The van der Waals surface area contributed by atoms with Gasteiger partial charge in [0.05, 0.1) is 6.54 Å². The number of ether oxygens (including phenoxy) is 2. The highest BCUT2D eigenvalue weighted by atomic mass is 16.7.